The molecule has 0 heterocycles. The van der Waals surface area contributed by atoms with Crippen LogP contribution in [0.3, 0.4) is 0 Å². The molecule has 0 amide bonds. The van der Waals surface area contributed by atoms with Gasteiger partial charge in [-0.3, -0.25) is 18.9 Å². The van der Waals surface area contributed by atoms with E-state index in [4.69, 9.17) is 19.3 Å². The number of esters is 2. The molecule has 0 aromatic heterocycles. The lowest BCUT2D eigenvalue weighted by Gasteiger charge is -2.18. The second kappa shape index (κ2) is 35.3. The Bertz CT molecular complexity index is 1160. The summed E-state index contributed by atoms with van der Waals surface area (Å²) in [7, 11) is -4.80. The molecule has 0 aliphatic carbocycles. The van der Waals surface area contributed by atoms with Crippen LogP contribution in [0, 0.1) is 0 Å². The summed E-state index contributed by atoms with van der Waals surface area (Å²) < 4.78 is 26.2. The lowest BCUT2D eigenvalue weighted by atomic mass is 10.1. The maximum Gasteiger partial charge on any atom is 0.469 e. The van der Waals surface area contributed by atoms with Gasteiger partial charge in [-0.2, -0.15) is 0 Å². The second-order valence-corrected chi connectivity index (χ2v) is 13.4. The predicted molar refractivity (Wildman–Crippen MR) is 207 cm³/mol. The molecule has 0 aliphatic rings. The number of unbranched alkanes of at least 4 members (excludes halogenated alkanes) is 8. The minimum atomic E-state index is -4.80. The average molecular weight is 733 g/mol. The second-order valence-electron chi connectivity index (χ2n) is 12.2. The summed E-state index contributed by atoms with van der Waals surface area (Å²) in [4.78, 5) is 54.6. The third kappa shape index (κ3) is 38.0. The molecule has 0 aromatic carbocycles. The Hall–Kier alpha value is -3.10. The van der Waals surface area contributed by atoms with Gasteiger partial charge < -0.3 is 19.3 Å². The Morgan fingerprint density at radius 3 is 1.75 bits per heavy atom. The van der Waals surface area contributed by atoms with E-state index in [0.717, 1.165) is 64.2 Å². The van der Waals surface area contributed by atoms with Gasteiger partial charge >= 0.3 is 19.8 Å². The van der Waals surface area contributed by atoms with Crippen LogP contribution >= 0.6 is 7.82 Å². The van der Waals surface area contributed by atoms with E-state index in [0.29, 0.717) is 25.7 Å². The molecule has 0 radical (unpaired) electrons. The number of rotatable bonds is 33. The Balaban J connectivity index is 4.19. The van der Waals surface area contributed by atoms with Gasteiger partial charge in [-0.1, -0.05) is 125 Å². The maximum absolute atomic E-state index is 12.3. The van der Waals surface area contributed by atoms with Gasteiger partial charge in [0.15, 0.2) is 11.9 Å². The monoisotopic (exact) mass is 732 g/mol. The van der Waals surface area contributed by atoms with Crippen molar-refractivity contribution in [2.24, 2.45) is 0 Å². The topological polar surface area (TPSA) is 136 Å². The van der Waals surface area contributed by atoms with Crippen LogP contribution in [0.25, 0.3) is 0 Å². The van der Waals surface area contributed by atoms with E-state index in [2.05, 4.69) is 73.1 Å². The number of ether oxygens (including phenoxy) is 2. The number of allylic oxidation sites excluding steroid dienone is 14. The number of hydrogen-bond donors (Lipinski definition) is 2. The fraction of sp³-hybridized carbons (Fsp3) is 0.585. The van der Waals surface area contributed by atoms with E-state index in [1.807, 2.05) is 18.2 Å². The standard InChI is InChI=1S/C41H65O9P/c1-3-5-7-9-11-12-13-14-15-16-17-18-19-20-22-26-31-35-41(44)50-39(37-49-51(45,46)47)36-48-40(43)34-30-27-23-25-29-33-38(42)32-28-24-21-10-8-6-4-2/h5,7,11-12,14-15,17-18,20-22,24,28,32,39H,3-4,6,8-10,13,16,19,23,25-27,29-31,33-37H2,1-2H3,(H2,45,46,47)/b7-5-,12-11-,15-14-,18-17-,22-20-,24-21-,32-28+/t39-/m1/s1. The lowest BCUT2D eigenvalue weighted by Crippen LogP contribution is -2.29. The van der Waals surface area contributed by atoms with Gasteiger partial charge in [0, 0.05) is 19.3 Å². The zero-order chi connectivity index (χ0) is 37.7. The van der Waals surface area contributed by atoms with Gasteiger partial charge in [0.05, 0.1) is 6.61 Å². The van der Waals surface area contributed by atoms with E-state index in [9.17, 15) is 18.9 Å². The SMILES string of the molecule is CC/C=C\C/C=C\C/C=C\C/C=C\C/C=C\CCCC(=O)O[C@H](COC(=O)CCCCCCCC(=O)/C=C/C=C\CCCCC)COP(=O)(O)O. The largest absolute Gasteiger partial charge is 0.469 e. The van der Waals surface area contributed by atoms with Crippen molar-refractivity contribution in [1.29, 1.82) is 0 Å². The van der Waals surface area contributed by atoms with Crippen LogP contribution in [0.15, 0.2) is 85.1 Å². The van der Waals surface area contributed by atoms with Gasteiger partial charge in [-0.15, -0.1) is 0 Å². The fourth-order valence-corrected chi connectivity index (χ4v) is 4.92. The van der Waals surface area contributed by atoms with E-state index in [1.165, 1.54) is 19.3 Å². The first-order chi connectivity index (χ1) is 24.7. The van der Waals surface area contributed by atoms with Crippen molar-refractivity contribution >= 4 is 25.5 Å². The molecule has 0 spiro atoms. The maximum atomic E-state index is 12.3. The number of phosphoric ester groups is 1. The molecule has 51 heavy (non-hydrogen) atoms. The highest BCUT2D eigenvalue weighted by Gasteiger charge is 2.22. The van der Waals surface area contributed by atoms with Crippen molar-refractivity contribution in [1.82, 2.24) is 0 Å². The summed E-state index contributed by atoms with van der Waals surface area (Å²) in [6.07, 6.45) is 42.7. The third-order valence-corrected chi connectivity index (χ3v) is 7.86. The summed E-state index contributed by atoms with van der Waals surface area (Å²) in [5, 5.41) is 0. The molecule has 0 saturated carbocycles. The van der Waals surface area contributed by atoms with E-state index in [1.54, 1.807) is 12.2 Å². The summed E-state index contributed by atoms with van der Waals surface area (Å²) in [6.45, 7) is 3.34. The number of carbonyl (C=O) groups excluding carboxylic acids is 3. The Kier molecular flexibility index (Phi) is 33.2. The summed E-state index contributed by atoms with van der Waals surface area (Å²) in [5.74, 6) is -0.945. The van der Waals surface area contributed by atoms with Gasteiger partial charge in [0.25, 0.3) is 0 Å². The molecular weight excluding hydrogens is 667 g/mol. The van der Waals surface area contributed by atoms with Crippen molar-refractivity contribution in [3.8, 4) is 0 Å². The molecule has 288 valence electrons. The van der Waals surface area contributed by atoms with Crippen molar-refractivity contribution in [3.63, 3.8) is 0 Å². The molecule has 0 saturated heterocycles. The van der Waals surface area contributed by atoms with Gasteiger partial charge in [0.1, 0.15) is 6.61 Å². The average Bonchev–Trinajstić information content (AvgIpc) is 3.09. The van der Waals surface area contributed by atoms with Crippen LogP contribution in [0.5, 0.6) is 0 Å². The minimum absolute atomic E-state index is 0.104. The zero-order valence-corrected chi connectivity index (χ0v) is 32.1. The van der Waals surface area contributed by atoms with Crippen LogP contribution in [0.1, 0.15) is 136 Å². The lowest BCUT2D eigenvalue weighted by molar-refractivity contribution is -0.161. The van der Waals surface area contributed by atoms with Gasteiger partial charge in [-0.05, 0) is 76.7 Å². The summed E-state index contributed by atoms with van der Waals surface area (Å²) in [6, 6.07) is 0. The quantitative estimate of drug-likeness (QED) is 0.0169. The molecular formula is C41H65O9P. The zero-order valence-electron chi connectivity index (χ0n) is 31.2. The van der Waals surface area contributed by atoms with Gasteiger partial charge in [0.2, 0.25) is 0 Å². The van der Waals surface area contributed by atoms with Crippen molar-refractivity contribution in [2.45, 2.75) is 142 Å². The molecule has 2 N–H and O–H groups in total. The first-order valence-corrected chi connectivity index (χ1v) is 20.4. The molecule has 0 aliphatic heterocycles. The van der Waals surface area contributed by atoms with Crippen LogP contribution in [0.4, 0.5) is 0 Å². The summed E-state index contributed by atoms with van der Waals surface area (Å²) in [5.41, 5.74) is 0. The van der Waals surface area contributed by atoms with Crippen LogP contribution in [-0.4, -0.2) is 46.8 Å². The van der Waals surface area contributed by atoms with Crippen molar-refractivity contribution in [3.05, 3.63) is 85.1 Å². The molecule has 0 bridgehead atoms. The number of hydrogen-bond acceptors (Lipinski definition) is 7. The number of phosphoric acid groups is 1. The molecule has 0 fully saturated rings. The van der Waals surface area contributed by atoms with Crippen LogP contribution < -0.4 is 0 Å². The van der Waals surface area contributed by atoms with Gasteiger partial charge in [-0.25, -0.2) is 4.57 Å². The Morgan fingerprint density at radius 1 is 0.588 bits per heavy atom. The molecule has 0 rings (SSSR count). The summed E-state index contributed by atoms with van der Waals surface area (Å²) >= 11 is 0. The van der Waals surface area contributed by atoms with Crippen molar-refractivity contribution in [2.75, 3.05) is 13.2 Å². The fourth-order valence-electron chi connectivity index (χ4n) is 4.56. The Morgan fingerprint density at radius 2 is 1.14 bits per heavy atom. The third-order valence-electron chi connectivity index (χ3n) is 7.37. The molecule has 10 heteroatoms. The van der Waals surface area contributed by atoms with Crippen LogP contribution in [-0.2, 0) is 32.9 Å². The molecule has 0 unspecified atom stereocenters. The minimum Gasteiger partial charge on any atom is -0.462 e. The molecule has 0 aromatic rings. The highest BCUT2D eigenvalue weighted by atomic mass is 31.2. The van der Waals surface area contributed by atoms with Crippen molar-refractivity contribution < 1.29 is 42.7 Å². The normalized spacial score (nSPS) is 13.3. The predicted octanol–water partition coefficient (Wildman–Crippen LogP) is 10.5. The highest BCUT2D eigenvalue weighted by Crippen LogP contribution is 2.35. The highest BCUT2D eigenvalue weighted by molar-refractivity contribution is 7.46. The van der Waals surface area contributed by atoms with E-state index >= 15 is 0 Å². The number of ketones is 1. The van der Waals surface area contributed by atoms with E-state index in [-0.39, 0.29) is 25.2 Å². The Labute approximate surface area is 307 Å². The first kappa shape index (κ1) is 47.9. The number of carbonyl (C=O) groups is 3. The van der Waals surface area contributed by atoms with Crippen LogP contribution in [0.2, 0.25) is 0 Å². The first-order valence-electron chi connectivity index (χ1n) is 18.8. The smallest absolute Gasteiger partial charge is 0.462 e. The molecule has 9 nitrogen and oxygen atoms in total. The molecule has 1 atom stereocenters. The van der Waals surface area contributed by atoms with E-state index < -0.39 is 32.5 Å².